The number of rotatable bonds is 3. The number of para-hydroxylation sites is 1. The first kappa shape index (κ1) is 14.0. The van der Waals surface area contributed by atoms with Crippen molar-refractivity contribution in [1.82, 2.24) is 14.8 Å². The van der Waals surface area contributed by atoms with E-state index in [4.69, 9.17) is 17.3 Å². The number of carbonyl (C=O) groups excluding carboxylic acids is 1. The Labute approximate surface area is 127 Å². The molecule has 3 N–H and O–H groups in total. The monoisotopic (exact) mass is 305 g/mol. The van der Waals surface area contributed by atoms with Gasteiger partial charge in [-0.05, 0) is 25.0 Å². The number of amides is 1. The predicted molar refractivity (Wildman–Crippen MR) is 80.3 cm³/mol. The Kier molecular flexibility index (Phi) is 3.90. The first-order valence-electron chi connectivity index (χ1n) is 6.87. The molecule has 1 fully saturated rings. The van der Waals surface area contributed by atoms with E-state index >= 15 is 0 Å². The van der Waals surface area contributed by atoms with E-state index in [1.54, 1.807) is 18.2 Å². The van der Waals surface area contributed by atoms with Crippen LogP contribution in [-0.2, 0) is 4.79 Å². The number of aromatic nitrogens is 3. The lowest BCUT2D eigenvalue weighted by atomic mass is 10.0. The Balaban J connectivity index is 1.89. The largest absolute Gasteiger partial charge is 0.327 e. The number of hydrogen-bond donors (Lipinski definition) is 2. The second kappa shape index (κ2) is 5.83. The quantitative estimate of drug-likeness (QED) is 0.908. The maximum atomic E-state index is 12.4. The lowest BCUT2D eigenvalue weighted by molar-refractivity contribution is -0.120. The van der Waals surface area contributed by atoms with Crippen molar-refractivity contribution in [2.75, 3.05) is 5.32 Å². The van der Waals surface area contributed by atoms with Gasteiger partial charge in [0.2, 0.25) is 5.91 Å². The summed E-state index contributed by atoms with van der Waals surface area (Å²) in [4.78, 5) is 16.3. The Bertz CT molecular complexity index is 643. The molecule has 110 valence electrons. The molecule has 1 amide bonds. The van der Waals surface area contributed by atoms with E-state index < -0.39 is 0 Å². The molecule has 0 saturated heterocycles. The SMILES string of the molecule is NC1CCCC1C(=O)Nc1cccc(Cl)c1-n1cncn1. The van der Waals surface area contributed by atoms with E-state index in [-0.39, 0.29) is 17.9 Å². The molecule has 1 heterocycles. The highest BCUT2D eigenvalue weighted by atomic mass is 35.5. The zero-order valence-corrected chi connectivity index (χ0v) is 12.1. The van der Waals surface area contributed by atoms with E-state index in [2.05, 4.69) is 15.4 Å². The van der Waals surface area contributed by atoms with Crippen molar-refractivity contribution >= 4 is 23.2 Å². The van der Waals surface area contributed by atoms with Gasteiger partial charge in [-0.2, -0.15) is 5.10 Å². The normalized spacial score (nSPS) is 21.4. The van der Waals surface area contributed by atoms with Crippen molar-refractivity contribution in [3.05, 3.63) is 35.9 Å². The molecule has 3 rings (SSSR count). The molecule has 1 aliphatic carbocycles. The molecule has 1 aromatic carbocycles. The third-order valence-electron chi connectivity index (χ3n) is 3.80. The second-order valence-corrected chi connectivity index (χ2v) is 5.57. The van der Waals surface area contributed by atoms with Crippen LogP contribution in [0.3, 0.4) is 0 Å². The third kappa shape index (κ3) is 2.77. The molecular formula is C14H16ClN5O. The number of halogens is 1. The molecule has 0 radical (unpaired) electrons. The third-order valence-corrected chi connectivity index (χ3v) is 4.10. The molecule has 6 nitrogen and oxygen atoms in total. The zero-order chi connectivity index (χ0) is 14.8. The average molecular weight is 306 g/mol. The van der Waals surface area contributed by atoms with Crippen molar-refractivity contribution in [3.8, 4) is 5.69 Å². The van der Waals surface area contributed by atoms with Crippen molar-refractivity contribution in [2.24, 2.45) is 11.7 Å². The van der Waals surface area contributed by atoms with Gasteiger partial charge in [0.05, 0.1) is 16.6 Å². The molecule has 1 saturated carbocycles. The molecule has 2 atom stereocenters. The molecule has 0 spiro atoms. The van der Waals surface area contributed by atoms with E-state index in [9.17, 15) is 4.79 Å². The van der Waals surface area contributed by atoms with Gasteiger partial charge >= 0.3 is 0 Å². The summed E-state index contributed by atoms with van der Waals surface area (Å²) in [7, 11) is 0. The standard InChI is InChI=1S/C14H16ClN5O/c15-10-4-2-6-12(13(10)20-8-17-7-18-20)19-14(21)9-3-1-5-11(9)16/h2,4,6-9,11H,1,3,5,16H2,(H,19,21). The van der Waals surface area contributed by atoms with Crippen LogP contribution in [0.4, 0.5) is 5.69 Å². The van der Waals surface area contributed by atoms with E-state index in [0.717, 1.165) is 19.3 Å². The summed E-state index contributed by atoms with van der Waals surface area (Å²) in [6.45, 7) is 0. The summed E-state index contributed by atoms with van der Waals surface area (Å²) in [6.07, 6.45) is 5.67. The predicted octanol–water partition coefficient (Wildman–Crippen LogP) is 1.99. The maximum Gasteiger partial charge on any atom is 0.229 e. The van der Waals surface area contributed by atoms with Gasteiger partial charge in [-0.25, -0.2) is 9.67 Å². The molecule has 1 aliphatic rings. The number of anilines is 1. The first-order chi connectivity index (χ1) is 10.2. The summed E-state index contributed by atoms with van der Waals surface area (Å²) in [5.41, 5.74) is 7.20. The smallest absolute Gasteiger partial charge is 0.229 e. The minimum atomic E-state index is -0.146. The molecule has 7 heteroatoms. The highest BCUT2D eigenvalue weighted by molar-refractivity contribution is 6.33. The molecule has 2 aromatic rings. The summed E-state index contributed by atoms with van der Waals surface area (Å²) in [5, 5.41) is 7.49. The number of carbonyl (C=O) groups is 1. The Hall–Kier alpha value is -1.92. The minimum Gasteiger partial charge on any atom is -0.327 e. The van der Waals surface area contributed by atoms with Crippen molar-refractivity contribution in [1.29, 1.82) is 0 Å². The first-order valence-corrected chi connectivity index (χ1v) is 7.24. The van der Waals surface area contributed by atoms with Crippen molar-refractivity contribution in [3.63, 3.8) is 0 Å². The Morgan fingerprint density at radius 2 is 2.29 bits per heavy atom. The number of nitrogens with one attached hydrogen (secondary N) is 1. The molecular weight excluding hydrogens is 290 g/mol. The fraction of sp³-hybridized carbons (Fsp3) is 0.357. The summed E-state index contributed by atoms with van der Waals surface area (Å²) >= 11 is 6.23. The summed E-state index contributed by atoms with van der Waals surface area (Å²) < 4.78 is 1.53. The van der Waals surface area contributed by atoms with Crippen LogP contribution < -0.4 is 11.1 Å². The zero-order valence-electron chi connectivity index (χ0n) is 11.4. The minimum absolute atomic E-state index is 0.0661. The van der Waals surface area contributed by atoms with Gasteiger partial charge in [-0.3, -0.25) is 4.79 Å². The van der Waals surface area contributed by atoms with Gasteiger partial charge in [0, 0.05) is 6.04 Å². The van der Waals surface area contributed by atoms with Crippen LogP contribution in [0.15, 0.2) is 30.9 Å². The number of nitrogens with zero attached hydrogens (tertiary/aromatic N) is 3. The summed E-state index contributed by atoms with van der Waals surface area (Å²) in [6, 6.07) is 5.25. The number of hydrogen-bond acceptors (Lipinski definition) is 4. The molecule has 0 bridgehead atoms. The molecule has 1 aromatic heterocycles. The van der Waals surface area contributed by atoms with Gasteiger partial charge < -0.3 is 11.1 Å². The summed E-state index contributed by atoms with van der Waals surface area (Å²) in [5.74, 6) is -0.212. The second-order valence-electron chi connectivity index (χ2n) is 5.17. The fourth-order valence-electron chi connectivity index (χ4n) is 2.71. The van der Waals surface area contributed by atoms with Crippen LogP contribution in [0, 0.1) is 5.92 Å². The van der Waals surface area contributed by atoms with E-state index in [1.807, 2.05) is 0 Å². The van der Waals surface area contributed by atoms with Gasteiger partial charge in [0.25, 0.3) is 0 Å². The van der Waals surface area contributed by atoms with Crippen LogP contribution in [0.2, 0.25) is 5.02 Å². The van der Waals surface area contributed by atoms with Crippen LogP contribution in [0.25, 0.3) is 5.69 Å². The average Bonchev–Trinajstić information content (AvgIpc) is 3.10. The van der Waals surface area contributed by atoms with Crippen molar-refractivity contribution < 1.29 is 4.79 Å². The number of benzene rings is 1. The van der Waals surface area contributed by atoms with E-state index in [0.29, 0.717) is 16.4 Å². The highest BCUT2D eigenvalue weighted by Crippen LogP contribution is 2.30. The van der Waals surface area contributed by atoms with Gasteiger partial charge in [0.1, 0.15) is 18.3 Å². The van der Waals surface area contributed by atoms with Crippen LogP contribution in [-0.4, -0.2) is 26.7 Å². The fourth-order valence-corrected chi connectivity index (χ4v) is 2.97. The van der Waals surface area contributed by atoms with Gasteiger partial charge in [-0.15, -0.1) is 0 Å². The van der Waals surface area contributed by atoms with Crippen LogP contribution in [0.5, 0.6) is 0 Å². The molecule has 0 aliphatic heterocycles. The van der Waals surface area contributed by atoms with Crippen LogP contribution in [0.1, 0.15) is 19.3 Å². The van der Waals surface area contributed by atoms with Gasteiger partial charge in [0.15, 0.2) is 0 Å². The maximum absolute atomic E-state index is 12.4. The molecule has 21 heavy (non-hydrogen) atoms. The molecule has 2 unspecified atom stereocenters. The topological polar surface area (TPSA) is 85.8 Å². The highest BCUT2D eigenvalue weighted by Gasteiger charge is 2.30. The van der Waals surface area contributed by atoms with Crippen LogP contribution >= 0.6 is 11.6 Å². The lowest BCUT2D eigenvalue weighted by Crippen LogP contribution is -2.34. The van der Waals surface area contributed by atoms with Gasteiger partial charge in [-0.1, -0.05) is 24.1 Å². The van der Waals surface area contributed by atoms with E-state index in [1.165, 1.54) is 17.3 Å². The Morgan fingerprint density at radius 3 is 2.95 bits per heavy atom. The lowest BCUT2D eigenvalue weighted by Gasteiger charge is -2.17. The number of nitrogens with two attached hydrogens (primary N) is 1. The van der Waals surface area contributed by atoms with Crippen molar-refractivity contribution in [2.45, 2.75) is 25.3 Å². The Morgan fingerprint density at radius 1 is 1.43 bits per heavy atom.